The molecule has 1 saturated carbocycles. The van der Waals surface area contributed by atoms with E-state index in [4.69, 9.17) is 11.6 Å². The third kappa shape index (κ3) is 3.32. The average Bonchev–Trinajstić information content (AvgIpc) is 3.31. The lowest BCUT2D eigenvalue weighted by atomic mass is 10.0. The number of amides is 1. The van der Waals surface area contributed by atoms with E-state index in [1.165, 1.54) is 18.9 Å². The van der Waals surface area contributed by atoms with Crippen LogP contribution in [-0.2, 0) is 4.79 Å². The van der Waals surface area contributed by atoms with E-state index >= 15 is 0 Å². The fourth-order valence-corrected chi connectivity index (χ4v) is 3.83. The van der Waals surface area contributed by atoms with Crippen LogP contribution < -0.4 is 9.64 Å². The highest BCUT2D eigenvalue weighted by Gasteiger charge is 2.39. The van der Waals surface area contributed by atoms with E-state index in [0.717, 1.165) is 25.1 Å². The number of hydrogen-bond acceptors (Lipinski definition) is 3. The Balaban J connectivity index is 1.60. The van der Waals surface area contributed by atoms with E-state index in [1.54, 1.807) is 6.07 Å². The summed E-state index contributed by atoms with van der Waals surface area (Å²) in [5.41, 5.74) is 1.53. The molecule has 0 bridgehead atoms. The van der Waals surface area contributed by atoms with Gasteiger partial charge in [0.05, 0.1) is 5.02 Å². The van der Waals surface area contributed by atoms with Gasteiger partial charge in [-0.25, -0.2) is 0 Å². The van der Waals surface area contributed by atoms with Crippen molar-refractivity contribution >= 4 is 29.3 Å². The van der Waals surface area contributed by atoms with E-state index in [-0.39, 0.29) is 22.7 Å². The molecule has 4 rings (SSSR count). The number of benzene rings is 1. The summed E-state index contributed by atoms with van der Waals surface area (Å²) in [5, 5.41) is 0.138. The molecule has 3 aliphatic rings. The molecule has 4 nitrogen and oxygen atoms in total. The Morgan fingerprint density at radius 1 is 1.28 bits per heavy atom. The molecule has 0 unspecified atom stereocenters. The monoisotopic (exact) mass is 368 g/mol. The Morgan fingerprint density at radius 2 is 2.08 bits per heavy atom. The number of alkyl halides is 2. The van der Waals surface area contributed by atoms with Gasteiger partial charge in [0, 0.05) is 31.4 Å². The van der Waals surface area contributed by atoms with Crippen molar-refractivity contribution in [3.8, 4) is 5.75 Å². The molecule has 1 amide bonds. The number of carbonyl (C=O) groups is 1. The standard InChI is InChI=1S/C18H19ClF2N2O2/c19-13-8-12-2-1-6-23(15(12)9-16(13)25-18(20)21)14-5-7-22(17(14)24)10-11-3-4-11/h1-2,8-9,11,14,18H,3-7,10H2/t14-/m0/s1. The highest BCUT2D eigenvalue weighted by atomic mass is 35.5. The van der Waals surface area contributed by atoms with E-state index < -0.39 is 6.61 Å². The van der Waals surface area contributed by atoms with Crippen LogP contribution in [0.1, 0.15) is 24.8 Å². The summed E-state index contributed by atoms with van der Waals surface area (Å²) >= 11 is 6.04. The topological polar surface area (TPSA) is 32.8 Å². The van der Waals surface area contributed by atoms with Crippen molar-refractivity contribution < 1.29 is 18.3 Å². The number of likely N-dealkylation sites (tertiary alicyclic amines) is 1. The zero-order valence-electron chi connectivity index (χ0n) is 13.6. The molecule has 0 N–H and O–H groups in total. The molecule has 0 radical (unpaired) electrons. The largest absolute Gasteiger partial charge is 0.433 e. The highest BCUT2D eigenvalue weighted by molar-refractivity contribution is 6.32. The zero-order chi connectivity index (χ0) is 17.6. The Morgan fingerprint density at radius 3 is 2.80 bits per heavy atom. The molecule has 7 heteroatoms. The molecule has 1 atom stereocenters. The first-order valence-electron chi connectivity index (χ1n) is 8.53. The van der Waals surface area contributed by atoms with Gasteiger partial charge in [0.1, 0.15) is 11.8 Å². The SMILES string of the molecule is O=C1[C@@H](N2CC=Cc3cc(Cl)c(OC(F)F)cc32)CCN1CC1CC1. The normalized spacial score (nSPS) is 22.7. The first-order valence-corrected chi connectivity index (χ1v) is 8.91. The average molecular weight is 369 g/mol. The second-order valence-corrected chi connectivity index (χ2v) is 7.21. The van der Waals surface area contributed by atoms with Crippen molar-refractivity contribution in [2.75, 3.05) is 24.5 Å². The van der Waals surface area contributed by atoms with Crippen LogP contribution in [0, 0.1) is 5.92 Å². The fraction of sp³-hybridized carbons (Fsp3) is 0.500. The van der Waals surface area contributed by atoms with Crippen LogP contribution in [0.5, 0.6) is 5.75 Å². The minimum atomic E-state index is -2.94. The van der Waals surface area contributed by atoms with Gasteiger partial charge >= 0.3 is 6.61 Å². The Labute approximate surface area is 150 Å². The highest BCUT2D eigenvalue weighted by Crippen LogP contribution is 2.39. The van der Waals surface area contributed by atoms with Gasteiger partial charge < -0.3 is 14.5 Å². The van der Waals surface area contributed by atoms with E-state index in [1.807, 2.05) is 22.0 Å². The predicted molar refractivity (Wildman–Crippen MR) is 92.2 cm³/mol. The van der Waals surface area contributed by atoms with Crippen molar-refractivity contribution in [1.29, 1.82) is 0 Å². The van der Waals surface area contributed by atoms with Crippen LogP contribution in [0.2, 0.25) is 5.02 Å². The zero-order valence-corrected chi connectivity index (χ0v) is 14.4. The summed E-state index contributed by atoms with van der Waals surface area (Å²) in [6.45, 7) is -0.781. The lowest BCUT2D eigenvalue weighted by molar-refractivity contribution is -0.129. The van der Waals surface area contributed by atoms with Crippen LogP contribution >= 0.6 is 11.6 Å². The van der Waals surface area contributed by atoms with Gasteiger partial charge in [0.2, 0.25) is 5.91 Å². The lowest BCUT2D eigenvalue weighted by Gasteiger charge is -2.33. The number of ether oxygens (including phenoxy) is 1. The van der Waals surface area contributed by atoms with Gasteiger partial charge in [-0.1, -0.05) is 23.8 Å². The number of anilines is 1. The summed E-state index contributed by atoms with van der Waals surface area (Å²) in [6, 6.07) is 2.87. The summed E-state index contributed by atoms with van der Waals surface area (Å²) in [7, 11) is 0. The second kappa shape index (κ2) is 6.48. The third-order valence-electron chi connectivity index (χ3n) is 5.03. The van der Waals surface area contributed by atoms with Crippen LogP contribution in [0.15, 0.2) is 18.2 Å². The second-order valence-electron chi connectivity index (χ2n) is 6.81. The quantitative estimate of drug-likeness (QED) is 0.792. The number of rotatable bonds is 5. The maximum atomic E-state index is 12.8. The smallest absolute Gasteiger partial charge is 0.387 e. The molecule has 1 aliphatic carbocycles. The van der Waals surface area contributed by atoms with Crippen LogP contribution in [0.3, 0.4) is 0 Å². The molecule has 1 aromatic rings. The minimum Gasteiger partial charge on any atom is -0.433 e. The fourth-order valence-electron chi connectivity index (χ4n) is 3.62. The summed E-state index contributed by atoms with van der Waals surface area (Å²) in [4.78, 5) is 16.7. The third-order valence-corrected chi connectivity index (χ3v) is 5.32. The van der Waals surface area contributed by atoms with Crippen LogP contribution in [0.25, 0.3) is 6.08 Å². The number of halogens is 3. The molecule has 2 heterocycles. The summed E-state index contributed by atoms with van der Waals surface area (Å²) in [6.07, 6.45) is 7.01. The molecule has 25 heavy (non-hydrogen) atoms. The van der Waals surface area contributed by atoms with Crippen molar-refractivity contribution in [2.45, 2.75) is 31.9 Å². The van der Waals surface area contributed by atoms with Gasteiger partial charge in [0.15, 0.2) is 0 Å². The molecular formula is C18H19ClF2N2O2. The van der Waals surface area contributed by atoms with Gasteiger partial charge in [-0.05, 0) is 36.8 Å². The lowest BCUT2D eigenvalue weighted by Crippen LogP contribution is -2.43. The van der Waals surface area contributed by atoms with E-state index in [0.29, 0.717) is 18.2 Å². The Hall–Kier alpha value is -1.82. The van der Waals surface area contributed by atoms with Crippen molar-refractivity contribution in [3.63, 3.8) is 0 Å². The number of carbonyl (C=O) groups excluding carboxylic acids is 1. The first kappa shape index (κ1) is 16.6. The number of hydrogen-bond donors (Lipinski definition) is 0. The molecular weight excluding hydrogens is 350 g/mol. The molecule has 134 valence electrons. The molecule has 1 aromatic carbocycles. The van der Waals surface area contributed by atoms with Crippen molar-refractivity contribution in [1.82, 2.24) is 4.90 Å². The number of fused-ring (bicyclic) bond motifs is 1. The molecule has 0 aromatic heterocycles. The minimum absolute atomic E-state index is 0.0593. The Bertz CT molecular complexity index is 721. The van der Waals surface area contributed by atoms with Crippen LogP contribution in [-0.4, -0.2) is 43.1 Å². The molecule has 2 fully saturated rings. The van der Waals surface area contributed by atoms with Gasteiger partial charge in [0.25, 0.3) is 0 Å². The van der Waals surface area contributed by atoms with E-state index in [2.05, 4.69) is 4.74 Å². The summed E-state index contributed by atoms with van der Waals surface area (Å²) < 4.78 is 29.7. The van der Waals surface area contributed by atoms with E-state index in [9.17, 15) is 13.6 Å². The number of nitrogens with zero attached hydrogens (tertiary/aromatic N) is 2. The molecule has 1 saturated heterocycles. The molecule has 0 spiro atoms. The Kier molecular flexibility index (Phi) is 4.31. The maximum Gasteiger partial charge on any atom is 0.387 e. The van der Waals surface area contributed by atoms with Crippen LogP contribution in [0.4, 0.5) is 14.5 Å². The van der Waals surface area contributed by atoms with Crippen molar-refractivity contribution in [3.05, 3.63) is 28.8 Å². The van der Waals surface area contributed by atoms with Gasteiger partial charge in [-0.3, -0.25) is 4.79 Å². The maximum absolute atomic E-state index is 12.8. The molecule has 2 aliphatic heterocycles. The van der Waals surface area contributed by atoms with Gasteiger partial charge in [-0.2, -0.15) is 8.78 Å². The summed E-state index contributed by atoms with van der Waals surface area (Å²) in [5.74, 6) is 0.719. The first-order chi connectivity index (χ1) is 12.0. The predicted octanol–water partition coefficient (Wildman–Crippen LogP) is 3.79. The van der Waals surface area contributed by atoms with Crippen molar-refractivity contribution in [2.24, 2.45) is 5.92 Å². The van der Waals surface area contributed by atoms with Gasteiger partial charge in [-0.15, -0.1) is 0 Å².